The number of anilines is 1. The Morgan fingerprint density at radius 1 is 0.900 bits per heavy atom. The predicted molar refractivity (Wildman–Crippen MR) is 161 cm³/mol. The maximum absolute atomic E-state index is 14.0. The van der Waals surface area contributed by atoms with Crippen molar-refractivity contribution in [3.05, 3.63) is 94.0 Å². The SMILES string of the molecule is CCC(C)NC(=O)C(C)N(Cc1ccc(C)cc1)C(=O)CN(c1ccc(C)c(C)c1)S(=O)(=O)c1ccc(Cl)cc1. The van der Waals surface area contributed by atoms with Gasteiger partial charge < -0.3 is 10.2 Å². The van der Waals surface area contributed by atoms with Crippen molar-refractivity contribution in [2.75, 3.05) is 10.8 Å². The Labute approximate surface area is 243 Å². The van der Waals surface area contributed by atoms with Crippen molar-refractivity contribution in [2.45, 2.75) is 71.5 Å². The number of amides is 2. The summed E-state index contributed by atoms with van der Waals surface area (Å²) in [5.41, 5.74) is 4.15. The second kappa shape index (κ2) is 13.3. The summed E-state index contributed by atoms with van der Waals surface area (Å²) in [5, 5.41) is 3.34. The van der Waals surface area contributed by atoms with Gasteiger partial charge in [-0.3, -0.25) is 13.9 Å². The number of nitrogens with zero attached hydrogens (tertiary/aromatic N) is 2. The van der Waals surface area contributed by atoms with Gasteiger partial charge in [0, 0.05) is 17.6 Å². The van der Waals surface area contributed by atoms with Gasteiger partial charge in [0.1, 0.15) is 12.6 Å². The highest BCUT2D eigenvalue weighted by molar-refractivity contribution is 7.92. The molecule has 3 rings (SSSR count). The molecule has 0 spiro atoms. The molecule has 3 aromatic rings. The molecule has 3 aromatic carbocycles. The van der Waals surface area contributed by atoms with Gasteiger partial charge in [0.25, 0.3) is 10.0 Å². The number of carbonyl (C=O) groups is 2. The van der Waals surface area contributed by atoms with Crippen LogP contribution in [0.3, 0.4) is 0 Å². The summed E-state index contributed by atoms with van der Waals surface area (Å²) >= 11 is 6.01. The standard InChI is InChI=1S/C31H38ClN3O4S/c1-7-24(5)33-31(37)25(6)34(19-26-11-8-21(2)9-12-26)30(36)20-35(28-15-10-22(3)23(4)18-28)40(38,39)29-16-13-27(32)14-17-29/h8-18,24-25H,7,19-20H2,1-6H3,(H,33,37). The van der Waals surface area contributed by atoms with E-state index in [0.29, 0.717) is 10.7 Å². The van der Waals surface area contributed by atoms with Crippen LogP contribution in [0.25, 0.3) is 0 Å². The summed E-state index contributed by atoms with van der Waals surface area (Å²) in [4.78, 5) is 28.6. The molecule has 9 heteroatoms. The highest BCUT2D eigenvalue weighted by Crippen LogP contribution is 2.27. The molecule has 0 bridgehead atoms. The lowest BCUT2D eigenvalue weighted by atomic mass is 10.1. The van der Waals surface area contributed by atoms with Gasteiger partial charge in [0.2, 0.25) is 11.8 Å². The van der Waals surface area contributed by atoms with Crippen molar-refractivity contribution in [2.24, 2.45) is 0 Å². The monoisotopic (exact) mass is 583 g/mol. The Morgan fingerprint density at radius 3 is 2.10 bits per heavy atom. The molecule has 0 aliphatic rings. The fraction of sp³-hybridized carbons (Fsp3) is 0.355. The normalized spacial score (nSPS) is 12.9. The molecule has 1 N–H and O–H groups in total. The minimum Gasteiger partial charge on any atom is -0.352 e. The number of sulfonamides is 1. The summed E-state index contributed by atoms with van der Waals surface area (Å²) < 4.78 is 28.9. The molecular weight excluding hydrogens is 546 g/mol. The van der Waals surface area contributed by atoms with E-state index >= 15 is 0 Å². The number of hydrogen-bond donors (Lipinski definition) is 1. The van der Waals surface area contributed by atoms with Crippen LogP contribution in [0, 0.1) is 20.8 Å². The fourth-order valence-corrected chi connectivity index (χ4v) is 5.61. The molecule has 0 aromatic heterocycles. The summed E-state index contributed by atoms with van der Waals surface area (Å²) in [6, 6.07) is 17.9. The van der Waals surface area contributed by atoms with E-state index in [1.807, 2.05) is 65.0 Å². The van der Waals surface area contributed by atoms with E-state index in [1.54, 1.807) is 19.1 Å². The van der Waals surface area contributed by atoms with Crippen LogP contribution in [0.2, 0.25) is 5.02 Å². The molecule has 7 nitrogen and oxygen atoms in total. The molecule has 0 aliphatic carbocycles. The van der Waals surface area contributed by atoms with Gasteiger partial charge in [0.05, 0.1) is 10.6 Å². The van der Waals surface area contributed by atoms with Crippen molar-refractivity contribution in [1.29, 1.82) is 0 Å². The van der Waals surface area contributed by atoms with Gasteiger partial charge in [-0.1, -0.05) is 54.4 Å². The second-order valence-electron chi connectivity index (χ2n) is 10.2. The Balaban J connectivity index is 2.04. The van der Waals surface area contributed by atoms with E-state index in [4.69, 9.17) is 11.6 Å². The van der Waals surface area contributed by atoms with Gasteiger partial charge in [-0.2, -0.15) is 0 Å². The number of rotatable bonds is 11. The van der Waals surface area contributed by atoms with Crippen molar-refractivity contribution in [1.82, 2.24) is 10.2 Å². The first-order valence-corrected chi connectivity index (χ1v) is 15.2. The van der Waals surface area contributed by atoms with Crippen LogP contribution in [0.5, 0.6) is 0 Å². The van der Waals surface area contributed by atoms with Crippen LogP contribution in [-0.2, 0) is 26.2 Å². The zero-order chi connectivity index (χ0) is 29.6. The first-order valence-electron chi connectivity index (χ1n) is 13.3. The van der Waals surface area contributed by atoms with Crippen LogP contribution < -0.4 is 9.62 Å². The van der Waals surface area contributed by atoms with Gasteiger partial charge >= 0.3 is 0 Å². The zero-order valence-electron chi connectivity index (χ0n) is 23.9. The number of nitrogens with one attached hydrogen (secondary N) is 1. The van der Waals surface area contributed by atoms with Gasteiger partial charge in [-0.15, -0.1) is 0 Å². The number of hydrogen-bond acceptors (Lipinski definition) is 4. The summed E-state index contributed by atoms with van der Waals surface area (Å²) in [6.45, 7) is 11.0. The highest BCUT2D eigenvalue weighted by atomic mass is 35.5. The number of benzene rings is 3. The first kappa shape index (κ1) is 31.2. The predicted octanol–water partition coefficient (Wildman–Crippen LogP) is 5.79. The minimum absolute atomic E-state index is 0.00979. The fourth-order valence-electron chi connectivity index (χ4n) is 4.08. The molecule has 0 radical (unpaired) electrons. The third kappa shape index (κ3) is 7.64. The van der Waals surface area contributed by atoms with E-state index in [0.717, 1.165) is 33.0 Å². The number of carbonyl (C=O) groups excluding carboxylic acids is 2. The Bertz CT molecular complexity index is 1440. The first-order chi connectivity index (χ1) is 18.8. The van der Waals surface area contributed by atoms with E-state index in [-0.39, 0.29) is 23.4 Å². The molecule has 0 saturated heterocycles. The summed E-state index contributed by atoms with van der Waals surface area (Å²) in [7, 11) is -4.15. The summed E-state index contributed by atoms with van der Waals surface area (Å²) in [6.07, 6.45) is 0.740. The van der Waals surface area contributed by atoms with Crippen molar-refractivity contribution < 1.29 is 18.0 Å². The van der Waals surface area contributed by atoms with Crippen molar-refractivity contribution in [3.63, 3.8) is 0 Å². The van der Waals surface area contributed by atoms with Crippen molar-refractivity contribution >= 4 is 39.1 Å². The highest BCUT2D eigenvalue weighted by Gasteiger charge is 2.33. The van der Waals surface area contributed by atoms with E-state index < -0.39 is 28.5 Å². The molecule has 0 saturated carbocycles. The van der Waals surface area contributed by atoms with Crippen molar-refractivity contribution in [3.8, 4) is 0 Å². The van der Waals surface area contributed by atoms with Gasteiger partial charge in [0.15, 0.2) is 0 Å². The molecule has 214 valence electrons. The Hall–Kier alpha value is -3.36. The zero-order valence-corrected chi connectivity index (χ0v) is 25.5. The van der Waals surface area contributed by atoms with Crippen LogP contribution in [0.15, 0.2) is 71.6 Å². The molecule has 2 atom stereocenters. The Kier molecular flexibility index (Phi) is 10.4. The van der Waals surface area contributed by atoms with E-state index in [1.165, 1.54) is 29.2 Å². The maximum Gasteiger partial charge on any atom is 0.264 e. The second-order valence-corrected chi connectivity index (χ2v) is 12.5. The topological polar surface area (TPSA) is 86.8 Å². The lowest BCUT2D eigenvalue weighted by Gasteiger charge is -2.32. The molecule has 2 amide bonds. The molecule has 40 heavy (non-hydrogen) atoms. The third-order valence-corrected chi connectivity index (χ3v) is 9.14. The smallest absolute Gasteiger partial charge is 0.264 e. The largest absolute Gasteiger partial charge is 0.352 e. The quantitative estimate of drug-likeness (QED) is 0.309. The molecule has 0 aliphatic heterocycles. The minimum atomic E-state index is -4.15. The average molecular weight is 584 g/mol. The Morgan fingerprint density at radius 2 is 1.52 bits per heavy atom. The van der Waals surface area contributed by atoms with E-state index in [9.17, 15) is 18.0 Å². The molecule has 0 fully saturated rings. The lowest BCUT2D eigenvalue weighted by Crippen LogP contribution is -2.52. The number of halogens is 1. The molecule has 0 heterocycles. The van der Waals surface area contributed by atoms with Crippen LogP contribution in [0.1, 0.15) is 49.4 Å². The van der Waals surface area contributed by atoms with Crippen LogP contribution in [-0.4, -0.2) is 43.8 Å². The third-order valence-electron chi connectivity index (χ3n) is 7.10. The van der Waals surface area contributed by atoms with Gasteiger partial charge in [-0.25, -0.2) is 8.42 Å². The molecule has 2 unspecified atom stereocenters. The maximum atomic E-state index is 14.0. The molecular formula is C31H38ClN3O4S. The number of aryl methyl sites for hydroxylation is 3. The van der Waals surface area contributed by atoms with Crippen LogP contribution >= 0.6 is 11.6 Å². The summed E-state index contributed by atoms with van der Waals surface area (Å²) in [5.74, 6) is -0.795. The average Bonchev–Trinajstić information content (AvgIpc) is 2.92. The van der Waals surface area contributed by atoms with Crippen LogP contribution in [0.4, 0.5) is 5.69 Å². The lowest BCUT2D eigenvalue weighted by molar-refractivity contribution is -0.139. The van der Waals surface area contributed by atoms with E-state index in [2.05, 4.69) is 5.32 Å². The van der Waals surface area contributed by atoms with Gasteiger partial charge in [-0.05, 0) is 94.1 Å².